The zero-order valence-electron chi connectivity index (χ0n) is 12.3. The molecule has 6 nitrogen and oxygen atoms in total. The van der Waals surface area contributed by atoms with Crippen LogP contribution in [0.4, 0.5) is 13.2 Å². The highest BCUT2D eigenvalue weighted by Crippen LogP contribution is 2.30. The van der Waals surface area contributed by atoms with E-state index in [1.54, 1.807) is 0 Å². The molecular weight excluding hydrogens is 323 g/mol. The van der Waals surface area contributed by atoms with Crippen molar-refractivity contribution in [3.8, 4) is 0 Å². The lowest BCUT2D eigenvalue weighted by molar-refractivity contribution is 0.00990. The molecule has 1 aromatic carbocycles. The van der Waals surface area contributed by atoms with Gasteiger partial charge in [0, 0.05) is 18.1 Å². The van der Waals surface area contributed by atoms with Crippen LogP contribution in [0.25, 0.3) is 0 Å². The standard InChI is InChI=1S/C15H12F3N5O/c16-10-1-2-11(12(17)3-10)15(24,6-23-9-20-8-22-23)4-14-13(18)5-19-7-21-14/h1-3,5,7-9,24H,4,6H2. The molecule has 3 rings (SSSR count). The van der Waals surface area contributed by atoms with Crippen LogP contribution < -0.4 is 0 Å². The second-order valence-corrected chi connectivity index (χ2v) is 5.24. The van der Waals surface area contributed by atoms with Crippen LogP contribution in [0.3, 0.4) is 0 Å². The first-order valence-electron chi connectivity index (χ1n) is 6.93. The molecule has 0 amide bonds. The van der Waals surface area contributed by atoms with Crippen molar-refractivity contribution in [1.82, 2.24) is 24.7 Å². The van der Waals surface area contributed by atoms with E-state index < -0.39 is 23.1 Å². The zero-order chi connectivity index (χ0) is 17.2. The lowest BCUT2D eigenvalue weighted by atomic mass is 9.88. The van der Waals surface area contributed by atoms with Crippen molar-refractivity contribution in [2.75, 3.05) is 0 Å². The minimum absolute atomic E-state index is 0.101. The third-order valence-corrected chi connectivity index (χ3v) is 3.53. The van der Waals surface area contributed by atoms with E-state index in [0.717, 1.165) is 24.7 Å². The van der Waals surface area contributed by atoms with Crippen LogP contribution in [0.15, 0.2) is 43.4 Å². The fourth-order valence-corrected chi connectivity index (χ4v) is 2.43. The second kappa shape index (κ2) is 6.36. The zero-order valence-corrected chi connectivity index (χ0v) is 12.3. The Kier molecular flexibility index (Phi) is 4.26. The summed E-state index contributed by atoms with van der Waals surface area (Å²) in [5.41, 5.74) is -2.21. The average Bonchev–Trinajstić information content (AvgIpc) is 3.02. The quantitative estimate of drug-likeness (QED) is 0.767. The van der Waals surface area contributed by atoms with Crippen molar-refractivity contribution in [3.05, 3.63) is 72.1 Å². The van der Waals surface area contributed by atoms with Crippen LogP contribution in [-0.4, -0.2) is 29.8 Å². The van der Waals surface area contributed by atoms with Gasteiger partial charge in [-0.05, 0) is 6.07 Å². The van der Waals surface area contributed by atoms with E-state index in [2.05, 4.69) is 20.1 Å². The summed E-state index contributed by atoms with van der Waals surface area (Å²) in [5.74, 6) is -2.48. The van der Waals surface area contributed by atoms with Crippen molar-refractivity contribution >= 4 is 0 Å². The fraction of sp³-hybridized carbons (Fsp3) is 0.200. The predicted octanol–water partition coefficient (Wildman–Crippen LogP) is 1.62. The summed E-state index contributed by atoms with van der Waals surface area (Å²) in [6.45, 7) is -0.223. The number of nitrogens with zero attached hydrogens (tertiary/aromatic N) is 5. The van der Waals surface area contributed by atoms with Crippen LogP contribution >= 0.6 is 0 Å². The van der Waals surface area contributed by atoms with Gasteiger partial charge in [-0.25, -0.2) is 32.8 Å². The topological polar surface area (TPSA) is 76.7 Å². The summed E-state index contributed by atoms with van der Waals surface area (Å²) in [6, 6.07) is 2.78. The summed E-state index contributed by atoms with van der Waals surface area (Å²) in [7, 11) is 0. The monoisotopic (exact) mass is 335 g/mol. The van der Waals surface area contributed by atoms with E-state index in [1.807, 2.05) is 0 Å². The van der Waals surface area contributed by atoms with Crippen LogP contribution in [0.5, 0.6) is 0 Å². The smallest absolute Gasteiger partial charge is 0.163 e. The van der Waals surface area contributed by atoms with E-state index in [4.69, 9.17) is 0 Å². The van der Waals surface area contributed by atoms with Crippen molar-refractivity contribution < 1.29 is 18.3 Å². The Morgan fingerprint density at radius 1 is 1.08 bits per heavy atom. The van der Waals surface area contributed by atoms with Gasteiger partial charge in [0.05, 0.1) is 18.4 Å². The van der Waals surface area contributed by atoms with Gasteiger partial charge in [0.1, 0.15) is 36.2 Å². The van der Waals surface area contributed by atoms with Gasteiger partial charge in [0.25, 0.3) is 0 Å². The summed E-state index contributed by atoms with van der Waals surface area (Å²) >= 11 is 0. The molecule has 0 bridgehead atoms. The number of hydrogen-bond donors (Lipinski definition) is 1. The second-order valence-electron chi connectivity index (χ2n) is 5.24. The van der Waals surface area contributed by atoms with E-state index in [0.29, 0.717) is 6.07 Å². The normalized spacial score (nSPS) is 13.7. The number of benzene rings is 1. The molecule has 1 atom stereocenters. The Balaban J connectivity index is 2.04. The first kappa shape index (κ1) is 16.1. The number of aromatic nitrogens is 5. The molecular formula is C15H12F3N5O. The maximum Gasteiger partial charge on any atom is 0.163 e. The Bertz CT molecular complexity index is 843. The van der Waals surface area contributed by atoms with Gasteiger partial charge in [-0.3, -0.25) is 0 Å². The molecule has 0 saturated carbocycles. The summed E-state index contributed by atoms with van der Waals surface area (Å²) < 4.78 is 42.5. The van der Waals surface area contributed by atoms with Gasteiger partial charge >= 0.3 is 0 Å². The summed E-state index contributed by atoms with van der Waals surface area (Å²) in [4.78, 5) is 11.1. The number of aliphatic hydroxyl groups is 1. The van der Waals surface area contributed by atoms with Crippen molar-refractivity contribution in [2.24, 2.45) is 0 Å². The molecule has 2 aromatic heterocycles. The fourth-order valence-electron chi connectivity index (χ4n) is 2.43. The third kappa shape index (κ3) is 3.25. The Labute approximate surface area is 134 Å². The maximum absolute atomic E-state index is 14.2. The molecule has 124 valence electrons. The maximum atomic E-state index is 14.2. The van der Waals surface area contributed by atoms with Gasteiger partial charge in [-0.1, -0.05) is 6.07 Å². The van der Waals surface area contributed by atoms with Crippen molar-refractivity contribution in [1.29, 1.82) is 0 Å². The minimum atomic E-state index is -1.92. The van der Waals surface area contributed by atoms with E-state index in [1.165, 1.54) is 17.3 Å². The molecule has 0 aliphatic carbocycles. The highest BCUT2D eigenvalue weighted by molar-refractivity contribution is 5.27. The van der Waals surface area contributed by atoms with E-state index in [9.17, 15) is 18.3 Å². The van der Waals surface area contributed by atoms with Gasteiger partial charge in [-0.2, -0.15) is 5.10 Å². The minimum Gasteiger partial charge on any atom is -0.383 e. The van der Waals surface area contributed by atoms with Gasteiger partial charge < -0.3 is 5.11 Å². The molecule has 0 radical (unpaired) electrons. The molecule has 0 saturated heterocycles. The summed E-state index contributed by atoms with van der Waals surface area (Å²) in [6.07, 6.45) is 4.27. The number of halogens is 3. The van der Waals surface area contributed by atoms with E-state index >= 15 is 0 Å². The molecule has 1 N–H and O–H groups in total. The predicted molar refractivity (Wildman–Crippen MR) is 76.0 cm³/mol. The Morgan fingerprint density at radius 3 is 2.58 bits per heavy atom. The van der Waals surface area contributed by atoms with Crippen LogP contribution in [0.1, 0.15) is 11.3 Å². The number of rotatable bonds is 5. The highest BCUT2D eigenvalue weighted by atomic mass is 19.1. The molecule has 0 spiro atoms. The van der Waals surface area contributed by atoms with Gasteiger partial charge in [0.2, 0.25) is 0 Å². The lowest BCUT2D eigenvalue weighted by Gasteiger charge is -2.28. The third-order valence-electron chi connectivity index (χ3n) is 3.53. The lowest BCUT2D eigenvalue weighted by Crippen LogP contribution is -2.36. The molecule has 9 heteroatoms. The molecule has 3 aromatic rings. The van der Waals surface area contributed by atoms with Crippen LogP contribution in [0, 0.1) is 17.5 Å². The molecule has 24 heavy (non-hydrogen) atoms. The average molecular weight is 335 g/mol. The van der Waals surface area contributed by atoms with Crippen LogP contribution in [0.2, 0.25) is 0 Å². The van der Waals surface area contributed by atoms with Gasteiger partial charge in [0.15, 0.2) is 5.82 Å². The first-order valence-corrected chi connectivity index (χ1v) is 6.93. The summed E-state index contributed by atoms with van der Waals surface area (Å²) in [5, 5.41) is 14.9. The molecule has 2 heterocycles. The van der Waals surface area contributed by atoms with Crippen molar-refractivity contribution in [3.63, 3.8) is 0 Å². The SMILES string of the molecule is OC(Cc1ncncc1F)(Cn1cncn1)c1ccc(F)cc1F. The largest absolute Gasteiger partial charge is 0.383 e. The van der Waals surface area contributed by atoms with Gasteiger partial charge in [-0.15, -0.1) is 0 Å². The molecule has 0 aliphatic heterocycles. The highest BCUT2D eigenvalue weighted by Gasteiger charge is 2.35. The van der Waals surface area contributed by atoms with E-state index in [-0.39, 0.29) is 24.2 Å². The first-order chi connectivity index (χ1) is 11.5. The van der Waals surface area contributed by atoms with Crippen molar-refractivity contribution in [2.45, 2.75) is 18.6 Å². The Morgan fingerprint density at radius 2 is 1.92 bits per heavy atom. The molecule has 1 unspecified atom stereocenters. The Hall–Kier alpha value is -2.81. The molecule has 0 fully saturated rings. The van der Waals surface area contributed by atoms with Crippen LogP contribution in [-0.2, 0) is 18.6 Å². The number of hydrogen-bond acceptors (Lipinski definition) is 5. The molecule has 0 aliphatic rings.